The van der Waals surface area contributed by atoms with Crippen LogP contribution in [-0.2, 0) is 9.53 Å². The minimum atomic E-state index is -0.363. The van der Waals surface area contributed by atoms with E-state index in [1.807, 2.05) is 6.92 Å². The highest BCUT2D eigenvalue weighted by molar-refractivity contribution is 5.72. The monoisotopic (exact) mass is 246 g/mol. The Balaban J connectivity index is 4.22. The van der Waals surface area contributed by atoms with Crippen LogP contribution in [0.25, 0.3) is 0 Å². The second-order valence-electron chi connectivity index (χ2n) is 4.64. The van der Waals surface area contributed by atoms with Crippen molar-refractivity contribution in [2.24, 2.45) is 17.8 Å². The molecule has 0 heterocycles. The topological polar surface area (TPSA) is 66.8 Å². The Kier molecular flexibility index (Phi) is 9.09. The van der Waals surface area contributed by atoms with E-state index in [9.17, 15) is 4.79 Å². The molecule has 2 N–H and O–H groups in total. The van der Waals surface area contributed by atoms with Gasteiger partial charge in [0, 0.05) is 5.92 Å². The van der Waals surface area contributed by atoms with Crippen LogP contribution in [-0.4, -0.2) is 36.0 Å². The second-order valence-corrected chi connectivity index (χ2v) is 4.64. The maximum absolute atomic E-state index is 11.9. The Labute approximate surface area is 104 Å². The molecule has 0 aliphatic carbocycles. The van der Waals surface area contributed by atoms with Gasteiger partial charge in [-0.25, -0.2) is 0 Å². The number of aliphatic hydroxyl groups excluding tert-OH is 2. The first-order valence-electron chi connectivity index (χ1n) is 6.48. The van der Waals surface area contributed by atoms with Crippen molar-refractivity contribution in [3.63, 3.8) is 0 Å². The summed E-state index contributed by atoms with van der Waals surface area (Å²) in [5.74, 6) is -0.321. The van der Waals surface area contributed by atoms with Gasteiger partial charge in [-0.05, 0) is 12.3 Å². The van der Waals surface area contributed by atoms with Gasteiger partial charge < -0.3 is 14.9 Å². The molecule has 0 aliphatic heterocycles. The van der Waals surface area contributed by atoms with Gasteiger partial charge in [-0.2, -0.15) is 0 Å². The van der Waals surface area contributed by atoms with Crippen molar-refractivity contribution in [1.82, 2.24) is 0 Å². The molecule has 2 atom stereocenters. The maximum Gasteiger partial charge on any atom is 0.309 e. The fourth-order valence-electron chi connectivity index (χ4n) is 1.70. The molecule has 0 aromatic carbocycles. The molecule has 4 nitrogen and oxygen atoms in total. The van der Waals surface area contributed by atoms with Crippen LogP contribution in [0, 0.1) is 17.8 Å². The average molecular weight is 246 g/mol. The largest absolute Gasteiger partial charge is 0.465 e. The zero-order chi connectivity index (χ0) is 13.3. The van der Waals surface area contributed by atoms with Crippen molar-refractivity contribution in [3.05, 3.63) is 0 Å². The highest BCUT2D eigenvalue weighted by Gasteiger charge is 2.25. The van der Waals surface area contributed by atoms with Crippen molar-refractivity contribution in [3.8, 4) is 0 Å². The Bertz CT molecular complexity index is 202. The van der Waals surface area contributed by atoms with Gasteiger partial charge >= 0.3 is 5.97 Å². The average Bonchev–Trinajstić information content (AvgIpc) is 2.35. The van der Waals surface area contributed by atoms with E-state index in [1.165, 1.54) is 0 Å². The molecular weight excluding hydrogens is 220 g/mol. The molecule has 17 heavy (non-hydrogen) atoms. The number of hydrogen-bond donors (Lipinski definition) is 2. The zero-order valence-electron chi connectivity index (χ0n) is 11.2. The molecule has 4 heteroatoms. The molecule has 0 aromatic heterocycles. The van der Waals surface area contributed by atoms with E-state index < -0.39 is 0 Å². The molecule has 0 saturated carbocycles. The summed E-state index contributed by atoms with van der Waals surface area (Å²) in [6, 6.07) is 0. The molecule has 0 aliphatic rings. The summed E-state index contributed by atoms with van der Waals surface area (Å²) in [6.45, 7) is 5.94. The van der Waals surface area contributed by atoms with E-state index in [1.54, 1.807) is 0 Å². The second kappa shape index (κ2) is 9.42. The van der Waals surface area contributed by atoms with Gasteiger partial charge in [0.15, 0.2) is 0 Å². The number of esters is 1. The fraction of sp³-hybridized carbons (Fsp3) is 0.923. The van der Waals surface area contributed by atoms with Crippen molar-refractivity contribution in [2.75, 3.05) is 19.8 Å². The van der Waals surface area contributed by atoms with Crippen LogP contribution >= 0.6 is 0 Å². The highest BCUT2D eigenvalue weighted by Crippen LogP contribution is 2.22. The first-order valence-corrected chi connectivity index (χ1v) is 6.48. The van der Waals surface area contributed by atoms with Crippen LogP contribution in [0.4, 0.5) is 0 Å². The van der Waals surface area contributed by atoms with E-state index in [2.05, 4.69) is 13.8 Å². The standard InChI is InChI=1S/C13H26O4/c1-4-6-12(10(3)5-2)13(16)17-9-11(7-14)8-15/h10-12,14-15H,4-9H2,1-3H3. The molecule has 0 bridgehead atoms. The van der Waals surface area contributed by atoms with Gasteiger partial charge in [-0.3, -0.25) is 4.79 Å². The van der Waals surface area contributed by atoms with E-state index in [-0.39, 0.29) is 37.6 Å². The number of ether oxygens (including phenoxy) is 1. The van der Waals surface area contributed by atoms with Gasteiger partial charge in [0.2, 0.25) is 0 Å². The first-order chi connectivity index (χ1) is 8.10. The molecule has 0 amide bonds. The molecule has 0 rings (SSSR count). The van der Waals surface area contributed by atoms with Crippen molar-refractivity contribution in [1.29, 1.82) is 0 Å². The SMILES string of the molecule is CCCC(C(=O)OCC(CO)CO)C(C)CC. The number of carbonyl (C=O) groups excluding carboxylic acids is 1. The van der Waals surface area contributed by atoms with E-state index in [0.717, 1.165) is 19.3 Å². The minimum Gasteiger partial charge on any atom is -0.465 e. The summed E-state index contributed by atoms with van der Waals surface area (Å²) >= 11 is 0. The summed E-state index contributed by atoms with van der Waals surface area (Å²) in [6.07, 6.45) is 2.73. The predicted octanol–water partition coefficient (Wildman–Crippen LogP) is 1.59. The number of hydrogen-bond acceptors (Lipinski definition) is 4. The highest BCUT2D eigenvalue weighted by atomic mass is 16.5. The Morgan fingerprint density at radius 3 is 2.24 bits per heavy atom. The Morgan fingerprint density at radius 2 is 1.82 bits per heavy atom. The van der Waals surface area contributed by atoms with Gasteiger partial charge in [0.05, 0.1) is 25.7 Å². The van der Waals surface area contributed by atoms with Gasteiger partial charge in [0.1, 0.15) is 0 Å². The normalized spacial score (nSPS) is 14.7. The minimum absolute atomic E-state index is 0.0666. The molecule has 2 unspecified atom stereocenters. The van der Waals surface area contributed by atoms with Crippen molar-refractivity contribution < 1.29 is 19.7 Å². The molecule has 0 aromatic rings. The van der Waals surface area contributed by atoms with E-state index >= 15 is 0 Å². The maximum atomic E-state index is 11.9. The molecule has 0 fully saturated rings. The third-order valence-electron chi connectivity index (χ3n) is 3.21. The fourth-order valence-corrected chi connectivity index (χ4v) is 1.70. The van der Waals surface area contributed by atoms with Gasteiger partial charge in [-0.1, -0.05) is 33.6 Å². The third-order valence-corrected chi connectivity index (χ3v) is 3.21. The van der Waals surface area contributed by atoms with Crippen LogP contribution in [0.5, 0.6) is 0 Å². The van der Waals surface area contributed by atoms with Gasteiger partial charge in [0.25, 0.3) is 0 Å². The van der Waals surface area contributed by atoms with Crippen LogP contribution in [0.15, 0.2) is 0 Å². The molecule has 0 saturated heterocycles. The Hall–Kier alpha value is -0.610. The predicted molar refractivity (Wildman–Crippen MR) is 66.5 cm³/mol. The lowest BCUT2D eigenvalue weighted by molar-refractivity contribution is -0.153. The van der Waals surface area contributed by atoms with Crippen LogP contribution in [0.3, 0.4) is 0 Å². The molecule has 0 radical (unpaired) electrons. The summed E-state index contributed by atoms with van der Waals surface area (Å²) in [5, 5.41) is 17.8. The zero-order valence-corrected chi connectivity index (χ0v) is 11.2. The quantitative estimate of drug-likeness (QED) is 0.606. The first kappa shape index (κ1) is 16.4. The van der Waals surface area contributed by atoms with Crippen molar-refractivity contribution in [2.45, 2.75) is 40.0 Å². The summed E-state index contributed by atoms with van der Waals surface area (Å²) in [4.78, 5) is 11.9. The number of carbonyl (C=O) groups is 1. The van der Waals surface area contributed by atoms with E-state index in [4.69, 9.17) is 14.9 Å². The molecular formula is C13H26O4. The molecule has 102 valence electrons. The summed E-state index contributed by atoms with van der Waals surface area (Å²) in [7, 11) is 0. The van der Waals surface area contributed by atoms with Crippen LogP contribution in [0.1, 0.15) is 40.0 Å². The van der Waals surface area contributed by atoms with Gasteiger partial charge in [-0.15, -0.1) is 0 Å². The molecule has 0 spiro atoms. The van der Waals surface area contributed by atoms with Crippen molar-refractivity contribution >= 4 is 5.97 Å². The van der Waals surface area contributed by atoms with Crippen LogP contribution in [0.2, 0.25) is 0 Å². The lowest BCUT2D eigenvalue weighted by Crippen LogP contribution is -2.27. The lowest BCUT2D eigenvalue weighted by Gasteiger charge is -2.22. The Morgan fingerprint density at radius 1 is 1.24 bits per heavy atom. The summed E-state index contributed by atoms with van der Waals surface area (Å²) < 4.78 is 5.16. The summed E-state index contributed by atoms with van der Waals surface area (Å²) in [5.41, 5.74) is 0. The number of aliphatic hydroxyl groups is 2. The van der Waals surface area contributed by atoms with E-state index in [0.29, 0.717) is 5.92 Å². The lowest BCUT2D eigenvalue weighted by atomic mass is 9.88. The smallest absolute Gasteiger partial charge is 0.309 e. The number of rotatable bonds is 9. The van der Waals surface area contributed by atoms with Crippen LogP contribution < -0.4 is 0 Å². The third kappa shape index (κ3) is 6.03.